The highest BCUT2D eigenvalue weighted by atomic mass is 16.5. The van der Waals surface area contributed by atoms with Gasteiger partial charge in [-0.2, -0.15) is 4.98 Å². The molecule has 0 saturated heterocycles. The molecule has 0 aliphatic carbocycles. The summed E-state index contributed by atoms with van der Waals surface area (Å²) in [5.74, 6) is 0.930. The molecule has 0 saturated carbocycles. The van der Waals surface area contributed by atoms with Crippen LogP contribution in [0, 0.1) is 0 Å². The molecule has 2 rings (SSSR count). The van der Waals surface area contributed by atoms with E-state index in [2.05, 4.69) is 10.1 Å². The molecule has 1 unspecified atom stereocenters. The minimum absolute atomic E-state index is 0.387. The van der Waals surface area contributed by atoms with E-state index in [0.29, 0.717) is 24.6 Å². The molecule has 1 aromatic carbocycles. The lowest BCUT2D eigenvalue weighted by Gasteiger charge is -2.01. The minimum Gasteiger partial charge on any atom is -0.385 e. The highest BCUT2D eigenvalue weighted by Crippen LogP contribution is 2.16. The Morgan fingerprint density at radius 2 is 2.06 bits per heavy atom. The Morgan fingerprint density at radius 3 is 2.76 bits per heavy atom. The van der Waals surface area contributed by atoms with E-state index >= 15 is 0 Å². The van der Waals surface area contributed by atoms with Crippen molar-refractivity contribution in [2.24, 2.45) is 0 Å². The Kier molecular flexibility index (Phi) is 3.88. The Hall–Kier alpha value is -1.68. The average Bonchev–Trinajstić information content (AvgIpc) is 2.79. The molecule has 0 amide bonds. The molecule has 0 fully saturated rings. The van der Waals surface area contributed by atoms with Crippen LogP contribution in [0.5, 0.6) is 0 Å². The Bertz CT molecular complexity index is 453. The van der Waals surface area contributed by atoms with Crippen LogP contribution < -0.4 is 0 Å². The van der Waals surface area contributed by atoms with Crippen molar-refractivity contribution in [1.29, 1.82) is 0 Å². The van der Waals surface area contributed by atoms with Gasteiger partial charge < -0.3 is 9.63 Å². The highest BCUT2D eigenvalue weighted by molar-refractivity contribution is 5.17. The van der Waals surface area contributed by atoms with E-state index in [9.17, 15) is 5.11 Å². The van der Waals surface area contributed by atoms with E-state index in [1.165, 1.54) is 0 Å². The molecule has 1 aromatic heterocycles. The molecule has 4 nitrogen and oxygen atoms in total. The molecule has 1 heterocycles. The first-order chi connectivity index (χ1) is 8.29. The predicted molar refractivity (Wildman–Crippen MR) is 63.4 cm³/mol. The molecule has 0 aliphatic heterocycles. The van der Waals surface area contributed by atoms with E-state index < -0.39 is 6.10 Å². The van der Waals surface area contributed by atoms with Gasteiger partial charge in [0.1, 0.15) is 6.10 Å². The van der Waals surface area contributed by atoms with Crippen LogP contribution in [0.2, 0.25) is 0 Å². The molecule has 0 aliphatic rings. The molecule has 0 bridgehead atoms. The normalized spacial score (nSPS) is 12.6. The van der Waals surface area contributed by atoms with Crippen molar-refractivity contribution < 1.29 is 9.63 Å². The third-order valence-corrected chi connectivity index (χ3v) is 2.54. The molecule has 1 N–H and O–H groups in total. The third kappa shape index (κ3) is 3.14. The van der Waals surface area contributed by atoms with Gasteiger partial charge >= 0.3 is 0 Å². The van der Waals surface area contributed by atoms with Gasteiger partial charge in [0.15, 0.2) is 5.82 Å². The van der Waals surface area contributed by atoms with Crippen molar-refractivity contribution in [2.45, 2.75) is 32.3 Å². The van der Waals surface area contributed by atoms with Crippen LogP contribution in [-0.2, 0) is 6.42 Å². The zero-order valence-corrected chi connectivity index (χ0v) is 9.84. The van der Waals surface area contributed by atoms with Crippen LogP contribution in [0.1, 0.15) is 43.1 Å². The van der Waals surface area contributed by atoms with E-state index in [4.69, 9.17) is 4.52 Å². The maximum Gasteiger partial charge on any atom is 0.231 e. The summed E-state index contributed by atoms with van der Waals surface area (Å²) in [4.78, 5) is 4.20. The molecular formula is C13H16N2O2. The summed E-state index contributed by atoms with van der Waals surface area (Å²) < 4.78 is 5.11. The van der Waals surface area contributed by atoms with Gasteiger partial charge in [0.2, 0.25) is 5.89 Å². The van der Waals surface area contributed by atoms with Crippen LogP contribution in [-0.4, -0.2) is 15.2 Å². The highest BCUT2D eigenvalue weighted by Gasteiger charge is 2.14. The van der Waals surface area contributed by atoms with E-state index in [-0.39, 0.29) is 0 Å². The number of benzene rings is 1. The summed E-state index contributed by atoms with van der Waals surface area (Å²) >= 11 is 0. The van der Waals surface area contributed by atoms with Crippen LogP contribution in [0.15, 0.2) is 34.9 Å². The van der Waals surface area contributed by atoms with Gasteiger partial charge in [0.05, 0.1) is 6.42 Å². The van der Waals surface area contributed by atoms with Crippen molar-refractivity contribution >= 4 is 0 Å². The fraction of sp³-hybridized carbons (Fsp3) is 0.385. The number of hydrogen-bond donors (Lipinski definition) is 1. The lowest BCUT2D eigenvalue weighted by Crippen LogP contribution is -1.99. The van der Waals surface area contributed by atoms with Crippen LogP contribution >= 0.6 is 0 Å². The van der Waals surface area contributed by atoms with Crippen molar-refractivity contribution in [1.82, 2.24) is 10.1 Å². The maximum absolute atomic E-state index is 9.71. The smallest absolute Gasteiger partial charge is 0.231 e. The van der Waals surface area contributed by atoms with E-state index in [1.54, 1.807) is 0 Å². The molecule has 4 heteroatoms. The summed E-state index contributed by atoms with van der Waals surface area (Å²) in [7, 11) is 0. The monoisotopic (exact) mass is 232 g/mol. The van der Waals surface area contributed by atoms with Gasteiger partial charge in [0.25, 0.3) is 0 Å². The van der Waals surface area contributed by atoms with Crippen molar-refractivity contribution in [3.8, 4) is 0 Å². The average molecular weight is 232 g/mol. The van der Waals surface area contributed by atoms with Crippen LogP contribution in [0.4, 0.5) is 0 Å². The summed E-state index contributed by atoms with van der Waals surface area (Å²) in [5.41, 5.74) is 1.12. The topological polar surface area (TPSA) is 59.2 Å². The van der Waals surface area contributed by atoms with Crippen molar-refractivity contribution in [2.75, 3.05) is 0 Å². The van der Waals surface area contributed by atoms with Gasteiger partial charge in [-0.3, -0.25) is 0 Å². The van der Waals surface area contributed by atoms with Crippen LogP contribution in [0.25, 0.3) is 0 Å². The molecule has 0 radical (unpaired) electrons. The summed E-state index contributed by atoms with van der Waals surface area (Å²) in [6.45, 7) is 2.01. The second-order valence-corrected chi connectivity index (χ2v) is 4.01. The van der Waals surface area contributed by atoms with Crippen molar-refractivity contribution in [3.05, 3.63) is 47.6 Å². The second-order valence-electron chi connectivity index (χ2n) is 4.01. The number of aromatic nitrogens is 2. The number of aliphatic hydroxyl groups excluding tert-OH is 1. The van der Waals surface area contributed by atoms with E-state index in [0.717, 1.165) is 12.0 Å². The molecule has 1 atom stereocenters. The summed E-state index contributed by atoms with van der Waals surface area (Å²) in [6.07, 6.45) is 1.54. The first-order valence-electron chi connectivity index (χ1n) is 5.84. The summed E-state index contributed by atoms with van der Waals surface area (Å²) in [5, 5.41) is 13.5. The Labute approximate surface area is 100 Å². The standard InChI is InChI=1S/C13H16N2O2/c1-2-6-11(16)13-14-12(17-15-13)9-10-7-4-3-5-8-10/h3-5,7-8,11,16H,2,6,9H2,1H3. The Balaban J connectivity index is 2.04. The van der Waals surface area contributed by atoms with Gasteiger partial charge in [-0.25, -0.2) is 0 Å². The van der Waals surface area contributed by atoms with Gasteiger partial charge in [-0.15, -0.1) is 0 Å². The molecule has 90 valence electrons. The van der Waals surface area contributed by atoms with Crippen molar-refractivity contribution in [3.63, 3.8) is 0 Å². The SMILES string of the molecule is CCCC(O)c1noc(Cc2ccccc2)n1. The van der Waals surface area contributed by atoms with E-state index in [1.807, 2.05) is 37.3 Å². The Morgan fingerprint density at radius 1 is 1.29 bits per heavy atom. The number of hydrogen-bond acceptors (Lipinski definition) is 4. The zero-order valence-electron chi connectivity index (χ0n) is 9.84. The number of rotatable bonds is 5. The quantitative estimate of drug-likeness (QED) is 0.860. The molecular weight excluding hydrogens is 216 g/mol. The number of nitrogens with zero attached hydrogens (tertiary/aromatic N) is 2. The molecule has 17 heavy (non-hydrogen) atoms. The predicted octanol–water partition coefficient (Wildman–Crippen LogP) is 2.49. The lowest BCUT2D eigenvalue weighted by atomic mass is 10.1. The second kappa shape index (κ2) is 5.59. The first-order valence-corrected chi connectivity index (χ1v) is 5.84. The zero-order chi connectivity index (χ0) is 12.1. The molecule has 0 spiro atoms. The number of aliphatic hydroxyl groups is 1. The maximum atomic E-state index is 9.71. The molecule has 2 aromatic rings. The fourth-order valence-corrected chi connectivity index (χ4v) is 1.65. The fourth-order valence-electron chi connectivity index (χ4n) is 1.65. The lowest BCUT2D eigenvalue weighted by molar-refractivity contribution is 0.153. The van der Waals surface area contributed by atoms with Crippen LogP contribution in [0.3, 0.4) is 0 Å². The largest absolute Gasteiger partial charge is 0.385 e. The van der Waals surface area contributed by atoms with Gasteiger partial charge in [-0.05, 0) is 12.0 Å². The van der Waals surface area contributed by atoms with Gasteiger partial charge in [-0.1, -0.05) is 48.8 Å². The first kappa shape index (κ1) is 11.8. The van der Waals surface area contributed by atoms with Gasteiger partial charge in [0, 0.05) is 0 Å². The summed E-state index contributed by atoms with van der Waals surface area (Å²) in [6, 6.07) is 9.92. The minimum atomic E-state index is -0.617. The third-order valence-electron chi connectivity index (χ3n) is 2.54.